The van der Waals surface area contributed by atoms with Crippen LogP contribution in [0.2, 0.25) is 0 Å². The Labute approximate surface area is 119 Å². The van der Waals surface area contributed by atoms with E-state index in [0.29, 0.717) is 12.5 Å². The minimum Gasteiger partial charge on any atom is -0.338 e. The van der Waals surface area contributed by atoms with E-state index in [2.05, 4.69) is 17.1 Å². The van der Waals surface area contributed by atoms with Crippen molar-refractivity contribution in [2.24, 2.45) is 0 Å². The highest BCUT2D eigenvalue weighted by atomic mass is 35.5. The van der Waals surface area contributed by atoms with Crippen LogP contribution >= 0.6 is 23.7 Å². The minimum absolute atomic E-state index is 0. The first-order valence-corrected chi connectivity index (χ1v) is 7.21. The van der Waals surface area contributed by atoms with E-state index in [1.165, 1.54) is 4.88 Å². The van der Waals surface area contributed by atoms with E-state index in [0.717, 1.165) is 32.5 Å². The summed E-state index contributed by atoms with van der Waals surface area (Å²) < 4.78 is 0. The topological polar surface area (TPSA) is 32.3 Å². The number of halogens is 1. The maximum Gasteiger partial charge on any atom is 0.228 e. The van der Waals surface area contributed by atoms with E-state index in [9.17, 15) is 4.79 Å². The molecule has 1 aromatic rings. The van der Waals surface area contributed by atoms with Crippen LogP contribution in [0.5, 0.6) is 0 Å². The lowest BCUT2D eigenvalue weighted by molar-refractivity contribution is -0.132. The molecule has 3 nitrogen and oxygen atoms in total. The molecule has 1 unspecified atom stereocenters. The number of rotatable bonds is 5. The molecule has 2 heterocycles. The molecule has 0 saturated carbocycles. The van der Waals surface area contributed by atoms with E-state index in [1.807, 2.05) is 17.5 Å². The summed E-state index contributed by atoms with van der Waals surface area (Å²) in [5.74, 6) is 0.281. The van der Waals surface area contributed by atoms with Crippen LogP contribution < -0.4 is 5.32 Å². The normalized spacial score (nSPS) is 18.4. The Morgan fingerprint density at radius 3 is 3.00 bits per heavy atom. The zero-order valence-corrected chi connectivity index (χ0v) is 12.4. The predicted octanol–water partition coefficient (Wildman–Crippen LogP) is 2.31. The van der Waals surface area contributed by atoms with Crippen LogP contribution in [0.15, 0.2) is 17.5 Å². The van der Waals surface area contributed by atoms with E-state index in [1.54, 1.807) is 11.3 Å². The largest absolute Gasteiger partial charge is 0.338 e. The van der Waals surface area contributed by atoms with Gasteiger partial charge in [-0.05, 0) is 30.8 Å². The van der Waals surface area contributed by atoms with Gasteiger partial charge in [-0.3, -0.25) is 4.79 Å². The molecule has 5 heteroatoms. The van der Waals surface area contributed by atoms with Gasteiger partial charge in [-0.1, -0.05) is 13.0 Å². The van der Waals surface area contributed by atoms with Gasteiger partial charge in [-0.25, -0.2) is 0 Å². The summed E-state index contributed by atoms with van der Waals surface area (Å²) in [5, 5.41) is 5.37. The van der Waals surface area contributed by atoms with Crippen molar-refractivity contribution in [2.45, 2.75) is 32.2 Å². The molecule has 0 aliphatic carbocycles. The van der Waals surface area contributed by atoms with Gasteiger partial charge in [0.25, 0.3) is 0 Å². The summed E-state index contributed by atoms with van der Waals surface area (Å²) in [7, 11) is 0. The maximum atomic E-state index is 12.3. The first kappa shape index (κ1) is 15.5. The molecule has 1 aliphatic rings. The lowest BCUT2D eigenvalue weighted by atomic mass is 10.2. The average molecular weight is 289 g/mol. The molecule has 1 aromatic heterocycles. The Morgan fingerprint density at radius 1 is 1.61 bits per heavy atom. The highest BCUT2D eigenvalue weighted by Crippen LogP contribution is 2.15. The molecule has 1 saturated heterocycles. The predicted molar refractivity (Wildman–Crippen MR) is 78.5 cm³/mol. The summed E-state index contributed by atoms with van der Waals surface area (Å²) in [6.07, 6.45) is 2.69. The summed E-state index contributed by atoms with van der Waals surface area (Å²) in [6, 6.07) is 4.45. The van der Waals surface area contributed by atoms with Gasteiger partial charge in [0, 0.05) is 24.0 Å². The maximum absolute atomic E-state index is 12.3. The van der Waals surface area contributed by atoms with Gasteiger partial charge in [0.05, 0.1) is 6.42 Å². The van der Waals surface area contributed by atoms with Crippen molar-refractivity contribution in [3.63, 3.8) is 0 Å². The van der Waals surface area contributed by atoms with Crippen molar-refractivity contribution in [1.82, 2.24) is 10.2 Å². The Balaban J connectivity index is 0.00000162. The number of carbonyl (C=O) groups is 1. The Hall–Kier alpha value is -0.580. The van der Waals surface area contributed by atoms with Crippen molar-refractivity contribution in [2.75, 3.05) is 19.6 Å². The van der Waals surface area contributed by atoms with Gasteiger partial charge in [-0.2, -0.15) is 0 Å². The van der Waals surface area contributed by atoms with Crippen LogP contribution in [0.1, 0.15) is 24.6 Å². The molecule has 0 aromatic carbocycles. The van der Waals surface area contributed by atoms with E-state index >= 15 is 0 Å². The van der Waals surface area contributed by atoms with Gasteiger partial charge in [-0.15, -0.1) is 23.7 Å². The Bertz CT molecular complexity index is 350. The third-order valence-corrected chi connectivity index (χ3v) is 4.04. The summed E-state index contributed by atoms with van der Waals surface area (Å²) >= 11 is 1.67. The average Bonchev–Trinajstić information content (AvgIpc) is 2.97. The van der Waals surface area contributed by atoms with Crippen molar-refractivity contribution in [1.29, 1.82) is 0 Å². The van der Waals surface area contributed by atoms with Crippen LogP contribution in [0, 0.1) is 0 Å². The first-order chi connectivity index (χ1) is 8.31. The molecule has 0 bridgehead atoms. The summed E-state index contributed by atoms with van der Waals surface area (Å²) in [5.41, 5.74) is 0. The number of hydrogen-bond donors (Lipinski definition) is 1. The van der Waals surface area contributed by atoms with Gasteiger partial charge >= 0.3 is 0 Å². The van der Waals surface area contributed by atoms with Crippen molar-refractivity contribution in [3.8, 4) is 0 Å². The zero-order valence-electron chi connectivity index (χ0n) is 10.7. The standard InChI is InChI=1S/C13H20N2OS.ClH/c1-2-7-15(11-5-6-14-10-11)13(16)9-12-4-3-8-17-12;/h3-4,8,11,14H,2,5-7,9-10H2,1H3;1H. The first-order valence-electron chi connectivity index (χ1n) is 6.34. The van der Waals surface area contributed by atoms with E-state index < -0.39 is 0 Å². The number of carbonyl (C=O) groups excluding carboxylic acids is 1. The monoisotopic (exact) mass is 288 g/mol. The highest BCUT2D eigenvalue weighted by molar-refractivity contribution is 7.10. The van der Waals surface area contributed by atoms with Gasteiger partial charge in [0.15, 0.2) is 0 Å². The molecule has 18 heavy (non-hydrogen) atoms. The molecule has 1 amide bonds. The van der Waals surface area contributed by atoms with Crippen molar-refractivity contribution < 1.29 is 4.79 Å². The molecule has 1 N–H and O–H groups in total. The minimum atomic E-state index is 0. The lowest BCUT2D eigenvalue weighted by Gasteiger charge is -2.28. The second-order valence-electron chi connectivity index (χ2n) is 4.49. The number of thiophene rings is 1. The fraction of sp³-hybridized carbons (Fsp3) is 0.615. The Morgan fingerprint density at radius 2 is 2.44 bits per heavy atom. The van der Waals surface area contributed by atoms with E-state index in [-0.39, 0.29) is 18.3 Å². The summed E-state index contributed by atoms with van der Waals surface area (Å²) in [6.45, 7) is 5.01. The van der Waals surface area contributed by atoms with E-state index in [4.69, 9.17) is 0 Å². The molecule has 0 radical (unpaired) electrons. The second kappa shape index (κ2) is 7.77. The SMILES string of the molecule is CCCN(C(=O)Cc1cccs1)C1CCNC1.Cl. The summed E-state index contributed by atoms with van der Waals surface area (Å²) in [4.78, 5) is 15.5. The number of hydrogen-bond acceptors (Lipinski definition) is 3. The number of nitrogens with zero attached hydrogens (tertiary/aromatic N) is 1. The third-order valence-electron chi connectivity index (χ3n) is 3.17. The van der Waals surface area contributed by atoms with Crippen LogP contribution in [0.4, 0.5) is 0 Å². The molecule has 1 aliphatic heterocycles. The molecular weight excluding hydrogens is 268 g/mol. The number of amides is 1. The molecule has 1 fully saturated rings. The van der Waals surface area contributed by atoms with Crippen LogP contribution in [0.25, 0.3) is 0 Å². The van der Waals surface area contributed by atoms with Crippen LogP contribution in [-0.4, -0.2) is 36.5 Å². The smallest absolute Gasteiger partial charge is 0.228 e. The molecule has 0 spiro atoms. The molecule has 1 atom stereocenters. The van der Waals surface area contributed by atoms with Crippen LogP contribution in [0.3, 0.4) is 0 Å². The third kappa shape index (κ3) is 3.97. The second-order valence-corrected chi connectivity index (χ2v) is 5.52. The van der Waals surface area contributed by atoms with Crippen molar-refractivity contribution >= 4 is 29.7 Å². The van der Waals surface area contributed by atoms with Crippen molar-refractivity contribution in [3.05, 3.63) is 22.4 Å². The van der Waals surface area contributed by atoms with Gasteiger partial charge < -0.3 is 10.2 Å². The van der Waals surface area contributed by atoms with Gasteiger partial charge in [0.2, 0.25) is 5.91 Å². The lowest BCUT2D eigenvalue weighted by Crippen LogP contribution is -2.42. The quantitative estimate of drug-likeness (QED) is 0.902. The molecular formula is C13H21ClN2OS. The molecule has 2 rings (SSSR count). The van der Waals surface area contributed by atoms with Crippen LogP contribution in [-0.2, 0) is 11.2 Å². The fourth-order valence-electron chi connectivity index (χ4n) is 2.32. The fourth-order valence-corrected chi connectivity index (χ4v) is 3.02. The highest BCUT2D eigenvalue weighted by Gasteiger charge is 2.25. The number of nitrogens with one attached hydrogen (secondary N) is 1. The molecule has 102 valence electrons. The zero-order chi connectivity index (χ0) is 12.1. The van der Waals surface area contributed by atoms with Gasteiger partial charge in [0.1, 0.15) is 0 Å². The Kier molecular flexibility index (Phi) is 6.68.